The zero-order valence-corrected chi connectivity index (χ0v) is 17.7. The summed E-state index contributed by atoms with van der Waals surface area (Å²) >= 11 is 2.67. The lowest BCUT2D eigenvalue weighted by Crippen LogP contribution is -2.22. The molecule has 29 heavy (non-hydrogen) atoms. The van der Waals surface area contributed by atoms with E-state index in [-0.39, 0.29) is 23.5 Å². The first-order valence-corrected chi connectivity index (χ1v) is 11.2. The topological polar surface area (TPSA) is 93.2 Å². The molecule has 156 valence electrons. The number of thioether (sulfide) groups is 1. The summed E-state index contributed by atoms with van der Waals surface area (Å²) in [6.07, 6.45) is 2.72. The Hall–Kier alpha value is -2.04. The molecule has 7 nitrogen and oxygen atoms in total. The molecule has 1 atom stereocenters. The second-order valence-electron chi connectivity index (χ2n) is 6.64. The van der Waals surface area contributed by atoms with Crippen LogP contribution < -0.4 is 10.6 Å². The van der Waals surface area contributed by atoms with Crippen molar-refractivity contribution in [3.05, 3.63) is 35.1 Å². The van der Waals surface area contributed by atoms with Crippen LogP contribution in [0.5, 0.6) is 0 Å². The van der Waals surface area contributed by atoms with E-state index in [0.717, 1.165) is 19.4 Å². The van der Waals surface area contributed by atoms with Crippen molar-refractivity contribution < 1.29 is 18.7 Å². The van der Waals surface area contributed by atoms with Crippen LogP contribution in [0.1, 0.15) is 35.7 Å². The lowest BCUT2D eigenvalue weighted by Gasteiger charge is -2.08. The summed E-state index contributed by atoms with van der Waals surface area (Å²) in [5, 5.41) is 14.7. The lowest BCUT2D eigenvalue weighted by atomic mass is 10.1. The van der Waals surface area contributed by atoms with Crippen LogP contribution in [0.4, 0.5) is 9.52 Å². The predicted molar refractivity (Wildman–Crippen MR) is 111 cm³/mol. The summed E-state index contributed by atoms with van der Waals surface area (Å²) in [5.74, 6) is -0.615. The minimum Gasteiger partial charge on any atom is -0.376 e. The summed E-state index contributed by atoms with van der Waals surface area (Å²) in [4.78, 5) is 23.3. The van der Waals surface area contributed by atoms with Crippen molar-refractivity contribution in [3.8, 4) is 0 Å². The first-order valence-electron chi connectivity index (χ1n) is 9.39. The van der Waals surface area contributed by atoms with Crippen LogP contribution in [0.3, 0.4) is 0 Å². The summed E-state index contributed by atoms with van der Waals surface area (Å²) in [5.41, 5.74) is 0.786. The Labute approximate surface area is 176 Å². The number of aromatic nitrogens is 2. The number of nitrogens with one attached hydrogen (secondary N) is 2. The molecule has 3 rings (SSSR count). The monoisotopic (exact) mass is 438 g/mol. The Bertz CT molecular complexity index is 856. The van der Waals surface area contributed by atoms with Crippen molar-refractivity contribution >= 4 is 39.9 Å². The van der Waals surface area contributed by atoms with Crippen molar-refractivity contribution in [2.24, 2.45) is 0 Å². The minimum atomic E-state index is -0.442. The normalized spacial score (nSPS) is 16.0. The van der Waals surface area contributed by atoms with Crippen LogP contribution in [0, 0.1) is 5.82 Å². The molecule has 1 unspecified atom stereocenters. The maximum Gasteiger partial charge on any atom is 0.216 e. The van der Waals surface area contributed by atoms with Crippen LogP contribution in [0.15, 0.2) is 22.5 Å². The maximum atomic E-state index is 14.2. The first kappa shape index (κ1) is 21.7. The maximum absolute atomic E-state index is 14.2. The highest BCUT2D eigenvalue weighted by atomic mass is 32.2. The van der Waals surface area contributed by atoms with Gasteiger partial charge in [-0.25, -0.2) is 4.39 Å². The van der Waals surface area contributed by atoms with Crippen LogP contribution in [0.2, 0.25) is 0 Å². The van der Waals surface area contributed by atoms with E-state index in [2.05, 4.69) is 20.8 Å². The SMILES string of the molecule is CC(=O)NCCc1ccc(C(=O)CSc2nnc(NCC3CCCO3)s2)cc1F. The molecular formula is C19H23FN4O3S2. The second kappa shape index (κ2) is 10.7. The number of carbonyl (C=O) groups excluding carboxylic acids is 2. The lowest BCUT2D eigenvalue weighted by molar-refractivity contribution is -0.118. The number of hydrogen-bond acceptors (Lipinski definition) is 8. The van der Waals surface area contributed by atoms with Crippen LogP contribution >= 0.6 is 23.1 Å². The Morgan fingerprint density at radius 3 is 2.97 bits per heavy atom. The zero-order valence-electron chi connectivity index (χ0n) is 16.1. The van der Waals surface area contributed by atoms with Gasteiger partial charge in [0, 0.05) is 32.2 Å². The van der Waals surface area contributed by atoms with Gasteiger partial charge >= 0.3 is 0 Å². The van der Waals surface area contributed by atoms with E-state index in [4.69, 9.17) is 4.74 Å². The molecule has 1 aromatic carbocycles. The predicted octanol–water partition coefficient (Wildman–Crippen LogP) is 2.92. The average molecular weight is 439 g/mol. The molecule has 1 aliphatic rings. The number of ketones is 1. The number of hydrogen-bond donors (Lipinski definition) is 2. The van der Waals surface area contributed by atoms with Gasteiger partial charge in [0.2, 0.25) is 11.0 Å². The number of carbonyl (C=O) groups is 2. The van der Waals surface area contributed by atoms with Crippen LogP contribution in [-0.4, -0.2) is 53.4 Å². The van der Waals surface area contributed by atoms with E-state index >= 15 is 0 Å². The molecule has 2 aromatic rings. The van der Waals surface area contributed by atoms with Gasteiger partial charge in [-0.2, -0.15) is 0 Å². The quantitative estimate of drug-likeness (QED) is 0.435. The van der Waals surface area contributed by atoms with E-state index in [1.165, 1.54) is 36.1 Å². The van der Waals surface area contributed by atoms with E-state index in [1.54, 1.807) is 12.1 Å². The Morgan fingerprint density at radius 2 is 2.24 bits per heavy atom. The fraction of sp³-hybridized carbons (Fsp3) is 0.474. The van der Waals surface area contributed by atoms with Gasteiger partial charge in [0.25, 0.3) is 0 Å². The fourth-order valence-electron chi connectivity index (χ4n) is 2.85. The van der Waals surface area contributed by atoms with Crippen molar-refractivity contribution in [3.63, 3.8) is 0 Å². The molecule has 0 radical (unpaired) electrons. The van der Waals surface area contributed by atoms with Crippen molar-refractivity contribution in [2.45, 2.75) is 36.6 Å². The van der Waals surface area contributed by atoms with E-state index in [0.29, 0.717) is 40.1 Å². The number of anilines is 1. The second-order valence-corrected chi connectivity index (χ2v) is 8.84. The molecule has 1 saturated heterocycles. The number of amides is 1. The van der Waals surface area contributed by atoms with Crippen molar-refractivity contribution in [1.29, 1.82) is 0 Å². The molecular weight excluding hydrogens is 415 g/mol. The Morgan fingerprint density at radius 1 is 1.38 bits per heavy atom. The van der Waals surface area contributed by atoms with Crippen LogP contribution in [-0.2, 0) is 16.0 Å². The number of Topliss-reactive ketones (excluding diaryl/α,β-unsaturated/α-hetero) is 1. The van der Waals surface area contributed by atoms with Gasteiger partial charge in [-0.05, 0) is 30.9 Å². The summed E-state index contributed by atoms with van der Waals surface area (Å²) in [6, 6.07) is 4.46. The largest absolute Gasteiger partial charge is 0.376 e. The van der Waals surface area contributed by atoms with Gasteiger partial charge in [0.15, 0.2) is 10.1 Å². The first-order chi connectivity index (χ1) is 14.0. The molecule has 10 heteroatoms. The zero-order chi connectivity index (χ0) is 20.6. The number of ether oxygens (including phenoxy) is 1. The van der Waals surface area contributed by atoms with E-state index in [9.17, 15) is 14.0 Å². The van der Waals surface area contributed by atoms with Gasteiger partial charge < -0.3 is 15.4 Å². The molecule has 0 aliphatic carbocycles. The summed E-state index contributed by atoms with van der Waals surface area (Å²) < 4.78 is 20.4. The average Bonchev–Trinajstić information content (AvgIpc) is 3.37. The molecule has 1 fully saturated rings. The van der Waals surface area contributed by atoms with Crippen LogP contribution in [0.25, 0.3) is 0 Å². The molecule has 0 bridgehead atoms. The molecule has 2 N–H and O–H groups in total. The number of benzene rings is 1. The smallest absolute Gasteiger partial charge is 0.216 e. The third kappa shape index (κ3) is 6.76. The molecule has 0 spiro atoms. The third-order valence-electron chi connectivity index (χ3n) is 4.38. The highest BCUT2D eigenvalue weighted by Gasteiger charge is 2.16. The number of rotatable bonds is 10. The molecule has 2 heterocycles. The molecule has 1 aromatic heterocycles. The van der Waals surface area contributed by atoms with Crippen molar-refractivity contribution in [1.82, 2.24) is 15.5 Å². The summed E-state index contributed by atoms with van der Waals surface area (Å²) in [7, 11) is 0. The van der Waals surface area contributed by atoms with E-state index in [1.807, 2.05) is 0 Å². The van der Waals surface area contributed by atoms with Gasteiger partial charge in [-0.15, -0.1) is 10.2 Å². The van der Waals surface area contributed by atoms with Gasteiger partial charge in [-0.1, -0.05) is 35.2 Å². The van der Waals surface area contributed by atoms with E-state index < -0.39 is 5.82 Å². The Balaban J connectivity index is 1.46. The van der Waals surface area contributed by atoms with Gasteiger partial charge in [0.1, 0.15) is 5.82 Å². The molecule has 1 aliphatic heterocycles. The standard InChI is InChI=1S/C19H23FN4O3S2/c1-12(25)21-7-6-13-4-5-14(9-16(13)20)17(26)11-28-19-24-23-18(29-19)22-10-15-3-2-8-27-15/h4-5,9,15H,2-3,6-8,10-11H2,1H3,(H,21,25)(H,22,23). The third-order valence-corrected chi connectivity index (χ3v) is 6.40. The highest BCUT2D eigenvalue weighted by Crippen LogP contribution is 2.26. The highest BCUT2D eigenvalue weighted by molar-refractivity contribution is 8.01. The molecule has 1 amide bonds. The van der Waals surface area contributed by atoms with Gasteiger partial charge in [-0.3, -0.25) is 9.59 Å². The summed E-state index contributed by atoms with van der Waals surface area (Å²) in [6.45, 7) is 3.28. The minimum absolute atomic E-state index is 0.156. The fourth-order valence-corrected chi connectivity index (χ4v) is 4.51. The van der Waals surface area contributed by atoms with Gasteiger partial charge in [0.05, 0.1) is 11.9 Å². The van der Waals surface area contributed by atoms with Crippen molar-refractivity contribution in [2.75, 3.05) is 30.8 Å². The number of halogens is 1. The molecule has 0 saturated carbocycles. The number of nitrogens with zero attached hydrogens (tertiary/aromatic N) is 2. The Kier molecular flexibility index (Phi) is 7.96.